The van der Waals surface area contributed by atoms with Crippen LogP contribution in [0.3, 0.4) is 0 Å². The van der Waals surface area contributed by atoms with Crippen LogP contribution in [0.15, 0.2) is 6.07 Å². The van der Waals surface area contributed by atoms with Crippen molar-refractivity contribution in [1.82, 2.24) is 9.97 Å². The molecule has 0 saturated carbocycles. The Morgan fingerprint density at radius 3 is 2.78 bits per heavy atom. The Kier molecular flexibility index (Phi) is 4.17. The minimum Gasteiger partial charge on any atom is -0.355 e. The van der Waals surface area contributed by atoms with Gasteiger partial charge in [-0.3, -0.25) is 0 Å². The first-order valence-corrected chi connectivity index (χ1v) is 6.98. The molecule has 0 radical (unpaired) electrons. The molecule has 1 unspecified atom stereocenters. The molecule has 1 aromatic heterocycles. The molecular weight excluding hydrogens is 224 g/mol. The fourth-order valence-electron chi connectivity index (χ4n) is 2.30. The summed E-state index contributed by atoms with van der Waals surface area (Å²) in [5.41, 5.74) is 7.13. The third kappa shape index (κ3) is 2.99. The maximum atomic E-state index is 5.97. The molecule has 1 saturated heterocycles. The minimum atomic E-state index is 0.289. The van der Waals surface area contributed by atoms with E-state index < -0.39 is 0 Å². The number of aromatic nitrogens is 2. The van der Waals surface area contributed by atoms with Crippen LogP contribution < -0.4 is 10.6 Å². The van der Waals surface area contributed by atoms with Crippen LogP contribution in [-0.2, 0) is 6.42 Å². The summed E-state index contributed by atoms with van der Waals surface area (Å²) in [6.45, 7) is 8.40. The molecule has 100 valence electrons. The van der Waals surface area contributed by atoms with Crippen molar-refractivity contribution < 1.29 is 0 Å². The molecule has 2 rings (SSSR count). The average Bonchev–Trinajstić information content (AvgIpc) is 2.76. The highest BCUT2D eigenvalue weighted by Gasteiger charge is 2.21. The summed E-state index contributed by atoms with van der Waals surface area (Å²) in [5.74, 6) is 2.39. The first kappa shape index (κ1) is 13.3. The van der Waals surface area contributed by atoms with Crippen molar-refractivity contribution >= 4 is 5.82 Å². The zero-order valence-electron chi connectivity index (χ0n) is 11.7. The van der Waals surface area contributed by atoms with Gasteiger partial charge in [0.2, 0.25) is 0 Å². The van der Waals surface area contributed by atoms with Gasteiger partial charge in [0.05, 0.1) is 0 Å². The van der Waals surface area contributed by atoms with E-state index in [1.165, 1.54) is 0 Å². The van der Waals surface area contributed by atoms with Gasteiger partial charge in [-0.2, -0.15) is 0 Å². The van der Waals surface area contributed by atoms with Gasteiger partial charge in [0.25, 0.3) is 0 Å². The topological polar surface area (TPSA) is 55.0 Å². The highest BCUT2D eigenvalue weighted by atomic mass is 15.2. The summed E-state index contributed by atoms with van der Waals surface area (Å²) in [7, 11) is 0. The van der Waals surface area contributed by atoms with E-state index in [0.717, 1.165) is 49.7 Å². The molecule has 0 amide bonds. The second-order valence-electron chi connectivity index (χ2n) is 5.48. The number of hydrogen-bond acceptors (Lipinski definition) is 4. The highest BCUT2D eigenvalue weighted by molar-refractivity contribution is 5.42. The van der Waals surface area contributed by atoms with Gasteiger partial charge in [-0.15, -0.1) is 0 Å². The molecule has 0 bridgehead atoms. The zero-order valence-corrected chi connectivity index (χ0v) is 11.7. The molecule has 1 aromatic rings. The van der Waals surface area contributed by atoms with E-state index in [2.05, 4.69) is 36.7 Å². The lowest BCUT2D eigenvalue weighted by atomic mass is 10.2. The van der Waals surface area contributed by atoms with Crippen molar-refractivity contribution in [1.29, 1.82) is 0 Å². The smallest absolute Gasteiger partial charge is 0.133 e. The number of aryl methyl sites for hydroxylation is 1. The van der Waals surface area contributed by atoms with E-state index in [4.69, 9.17) is 10.7 Å². The molecule has 1 aliphatic rings. The first-order chi connectivity index (χ1) is 8.60. The van der Waals surface area contributed by atoms with E-state index in [-0.39, 0.29) is 6.04 Å². The normalized spacial score (nSPS) is 19.8. The second-order valence-corrected chi connectivity index (χ2v) is 5.48. The van der Waals surface area contributed by atoms with Gasteiger partial charge in [-0.1, -0.05) is 27.2 Å². The first-order valence-electron chi connectivity index (χ1n) is 6.98. The highest BCUT2D eigenvalue weighted by Crippen LogP contribution is 2.21. The largest absolute Gasteiger partial charge is 0.355 e. The quantitative estimate of drug-likeness (QED) is 0.886. The summed E-state index contributed by atoms with van der Waals surface area (Å²) < 4.78 is 0. The molecule has 0 aromatic carbocycles. The molecule has 1 aliphatic heterocycles. The van der Waals surface area contributed by atoms with Crippen molar-refractivity contribution in [2.45, 2.75) is 52.0 Å². The Labute approximate surface area is 110 Å². The maximum absolute atomic E-state index is 5.97. The van der Waals surface area contributed by atoms with Gasteiger partial charge in [0.15, 0.2) is 0 Å². The summed E-state index contributed by atoms with van der Waals surface area (Å²) in [6, 6.07) is 2.42. The average molecular weight is 248 g/mol. The van der Waals surface area contributed by atoms with Crippen molar-refractivity contribution in [3.05, 3.63) is 17.6 Å². The number of rotatable bonds is 4. The Bertz CT molecular complexity index is 403. The predicted molar refractivity (Wildman–Crippen MR) is 74.9 cm³/mol. The predicted octanol–water partition coefficient (Wildman–Crippen LogP) is 2.09. The summed E-state index contributed by atoms with van der Waals surface area (Å²) in [5, 5.41) is 0. The molecule has 0 spiro atoms. The van der Waals surface area contributed by atoms with Gasteiger partial charge in [0, 0.05) is 36.8 Å². The second kappa shape index (κ2) is 5.65. The molecule has 1 fully saturated rings. The standard InChI is InChI=1S/C14H24N4/c1-4-5-12-8-13(17-14(16-12)10(2)3)18-7-6-11(15)9-18/h8,10-11H,4-7,9,15H2,1-3H3. The molecule has 18 heavy (non-hydrogen) atoms. The van der Waals surface area contributed by atoms with Crippen LogP contribution in [0.5, 0.6) is 0 Å². The van der Waals surface area contributed by atoms with Crippen LogP contribution >= 0.6 is 0 Å². The molecule has 2 heterocycles. The summed E-state index contributed by atoms with van der Waals surface area (Å²) >= 11 is 0. The lowest BCUT2D eigenvalue weighted by molar-refractivity contribution is 0.733. The molecule has 4 heteroatoms. The van der Waals surface area contributed by atoms with Gasteiger partial charge >= 0.3 is 0 Å². The number of hydrogen-bond donors (Lipinski definition) is 1. The Morgan fingerprint density at radius 1 is 1.44 bits per heavy atom. The van der Waals surface area contributed by atoms with Crippen molar-refractivity contribution in [3.8, 4) is 0 Å². The number of anilines is 1. The van der Waals surface area contributed by atoms with Gasteiger partial charge in [-0.25, -0.2) is 9.97 Å². The fraction of sp³-hybridized carbons (Fsp3) is 0.714. The number of nitrogens with two attached hydrogens (primary N) is 1. The van der Waals surface area contributed by atoms with Crippen LogP contribution in [0.2, 0.25) is 0 Å². The Morgan fingerprint density at radius 2 is 2.22 bits per heavy atom. The van der Waals surface area contributed by atoms with Gasteiger partial charge in [-0.05, 0) is 12.8 Å². The third-order valence-electron chi connectivity index (χ3n) is 3.35. The molecule has 0 aliphatic carbocycles. The minimum absolute atomic E-state index is 0.289. The number of nitrogens with zero attached hydrogens (tertiary/aromatic N) is 3. The maximum Gasteiger partial charge on any atom is 0.133 e. The zero-order chi connectivity index (χ0) is 13.1. The van der Waals surface area contributed by atoms with Gasteiger partial charge in [0.1, 0.15) is 11.6 Å². The summed E-state index contributed by atoms with van der Waals surface area (Å²) in [6.07, 6.45) is 3.20. The lowest BCUT2D eigenvalue weighted by Gasteiger charge is -2.19. The lowest BCUT2D eigenvalue weighted by Crippen LogP contribution is -2.27. The van der Waals surface area contributed by atoms with Crippen LogP contribution in [0.4, 0.5) is 5.82 Å². The Balaban J connectivity index is 2.27. The van der Waals surface area contributed by atoms with Crippen LogP contribution in [-0.4, -0.2) is 29.1 Å². The molecule has 4 nitrogen and oxygen atoms in total. The van der Waals surface area contributed by atoms with Crippen molar-refractivity contribution in [3.63, 3.8) is 0 Å². The van der Waals surface area contributed by atoms with E-state index in [1.807, 2.05) is 0 Å². The summed E-state index contributed by atoms with van der Waals surface area (Å²) in [4.78, 5) is 11.6. The molecular formula is C14H24N4. The third-order valence-corrected chi connectivity index (χ3v) is 3.35. The van der Waals surface area contributed by atoms with E-state index in [9.17, 15) is 0 Å². The molecule has 1 atom stereocenters. The van der Waals surface area contributed by atoms with Gasteiger partial charge < -0.3 is 10.6 Å². The molecule has 2 N–H and O–H groups in total. The van der Waals surface area contributed by atoms with Crippen LogP contribution in [0, 0.1) is 0 Å². The van der Waals surface area contributed by atoms with E-state index >= 15 is 0 Å². The van der Waals surface area contributed by atoms with Crippen molar-refractivity contribution in [2.24, 2.45) is 5.73 Å². The fourth-order valence-corrected chi connectivity index (χ4v) is 2.30. The Hall–Kier alpha value is -1.16. The van der Waals surface area contributed by atoms with Crippen LogP contribution in [0.25, 0.3) is 0 Å². The SMILES string of the molecule is CCCc1cc(N2CCC(N)C2)nc(C(C)C)n1. The monoisotopic (exact) mass is 248 g/mol. The van der Waals surface area contributed by atoms with Crippen molar-refractivity contribution in [2.75, 3.05) is 18.0 Å². The van der Waals surface area contributed by atoms with Crippen LogP contribution in [0.1, 0.15) is 51.0 Å². The van der Waals surface area contributed by atoms with E-state index in [0.29, 0.717) is 5.92 Å². The van der Waals surface area contributed by atoms with E-state index in [1.54, 1.807) is 0 Å².